The molecule has 6 heteroatoms. The smallest absolute Gasteiger partial charge is 0.255 e. The number of furan rings is 1. The maximum Gasteiger partial charge on any atom is 0.255 e. The van der Waals surface area contributed by atoms with Crippen molar-refractivity contribution in [3.63, 3.8) is 0 Å². The zero-order valence-corrected chi connectivity index (χ0v) is 15.0. The first-order valence-corrected chi connectivity index (χ1v) is 9.07. The SMILES string of the molecule is C[C@H](NC(=O)c1ccoc1)C(=O)Nc1cccc(CN2CCCCC2)c1. The van der Waals surface area contributed by atoms with Gasteiger partial charge in [-0.25, -0.2) is 0 Å². The summed E-state index contributed by atoms with van der Waals surface area (Å²) in [7, 11) is 0. The highest BCUT2D eigenvalue weighted by Gasteiger charge is 2.17. The third-order valence-electron chi connectivity index (χ3n) is 4.57. The van der Waals surface area contributed by atoms with Gasteiger partial charge in [-0.3, -0.25) is 14.5 Å². The molecule has 0 radical (unpaired) electrons. The fraction of sp³-hybridized carbons (Fsp3) is 0.400. The summed E-state index contributed by atoms with van der Waals surface area (Å²) in [6, 6.07) is 8.80. The Kier molecular flexibility index (Phi) is 6.07. The molecule has 138 valence electrons. The van der Waals surface area contributed by atoms with Gasteiger partial charge in [-0.2, -0.15) is 0 Å². The number of piperidine rings is 1. The van der Waals surface area contributed by atoms with Gasteiger partial charge in [0.05, 0.1) is 11.8 Å². The third kappa shape index (κ3) is 4.95. The molecule has 1 saturated heterocycles. The molecule has 26 heavy (non-hydrogen) atoms. The monoisotopic (exact) mass is 355 g/mol. The van der Waals surface area contributed by atoms with Crippen LogP contribution in [-0.2, 0) is 11.3 Å². The highest BCUT2D eigenvalue weighted by molar-refractivity contribution is 6.00. The third-order valence-corrected chi connectivity index (χ3v) is 4.57. The minimum atomic E-state index is -0.650. The fourth-order valence-corrected chi connectivity index (χ4v) is 3.11. The lowest BCUT2D eigenvalue weighted by Gasteiger charge is -2.26. The van der Waals surface area contributed by atoms with Crippen molar-refractivity contribution in [2.45, 2.75) is 38.8 Å². The van der Waals surface area contributed by atoms with Crippen molar-refractivity contribution >= 4 is 17.5 Å². The lowest BCUT2D eigenvalue weighted by molar-refractivity contribution is -0.117. The highest BCUT2D eigenvalue weighted by atomic mass is 16.3. The lowest BCUT2D eigenvalue weighted by Crippen LogP contribution is -2.41. The molecule has 2 heterocycles. The molecule has 1 aliphatic heterocycles. The Hall–Kier alpha value is -2.60. The number of amides is 2. The van der Waals surface area contributed by atoms with Crippen LogP contribution in [0.4, 0.5) is 5.69 Å². The number of carbonyl (C=O) groups is 2. The molecule has 2 amide bonds. The van der Waals surface area contributed by atoms with E-state index in [9.17, 15) is 9.59 Å². The number of likely N-dealkylation sites (tertiary alicyclic amines) is 1. The Morgan fingerprint density at radius 3 is 2.73 bits per heavy atom. The molecule has 0 spiro atoms. The van der Waals surface area contributed by atoms with Crippen LogP contribution in [0, 0.1) is 0 Å². The first-order chi connectivity index (χ1) is 12.6. The molecule has 0 bridgehead atoms. The fourth-order valence-electron chi connectivity index (χ4n) is 3.11. The van der Waals surface area contributed by atoms with Crippen LogP contribution in [0.1, 0.15) is 42.1 Å². The number of anilines is 1. The zero-order valence-electron chi connectivity index (χ0n) is 15.0. The zero-order chi connectivity index (χ0) is 18.4. The van der Waals surface area contributed by atoms with Gasteiger partial charge in [0.15, 0.2) is 0 Å². The summed E-state index contributed by atoms with van der Waals surface area (Å²) in [5, 5.41) is 5.54. The second-order valence-electron chi connectivity index (χ2n) is 6.73. The molecule has 2 aromatic rings. The molecular formula is C20H25N3O3. The van der Waals surface area contributed by atoms with Crippen LogP contribution in [0.3, 0.4) is 0 Å². The predicted molar refractivity (Wildman–Crippen MR) is 99.8 cm³/mol. The number of hydrogen-bond acceptors (Lipinski definition) is 4. The highest BCUT2D eigenvalue weighted by Crippen LogP contribution is 2.16. The molecule has 0 aliphatic carbocycles. The van der Waals surface area contributed by atoms with Crippen LogP contribution in [0.25, 0.3) is 0 Å². The first kappa shape index (κ1) is 18.2. The summed E-state index contributed by atoms with van der Waals surface area (Å²) in [4.78, 5) is 26.8. The maximum atomic E-state index is 12.4. The molecule has 1 aromatic heterocycles. The van der Waals surface area contributed by atoms with Crippen molar-refractivity contribution in [3.05, 3.63) is 54.0 Å². The maximum absolute atomic E-state index is 12.4. The standard InChI is InChI=1S/C20H25N3O3/c1-15(21-20(25)17-8-11-26-14-17)19(24)22-18-7-5-6-16(12-18)13-23-9-3-2-4-10-23/h5-8,11-12,14-15H,2-4,9-10,13H2,1H3,(H,21,25)(H,22,24)/t15-/m0/s1. The Labute approximate surface area is 153 Å². The first-order valence-electron chi connectivity index (χ1n) is 9.07. The van der Waals surface area contributed by atoms with Crippen molar-refractivity contribution < 1.29 is 14.0 Å². The van der Waals surface area contributed by atoms with E-state index in [-0.39, 0.29) is 11.8 Å². The molecule has 1 atom stereocenters. The van der Waals surface area contributed by atoms with Crippen molar-refractivity contribution in [2.75, 3.05) is 18.4 Å². The van der Waals surface area contributed by atoms with Crippen LogP contribution >= 0.6 is 0 Å². The minimum absolute atomic E-state index is 0.253. The number of hydrogen-bond donors (Lipinski definition) is 2. The quantitative estimate of drug-likeness (QED) is 0.835. The topological polar surface area (TPSA) is 74.6 Å². The van der Waals surface area contributed by atoms with Crippen molar-refractivity contribution in [3.8, 4) is 0 Å². The van der Waals surface area contributed by atoms with E-state index in [4.69, 9.17) is 4.42 Å². The molecule has 1 fully saturated rings. The van der Waals surface area contributed by atoms with Gasteiger partial charge in [-0.1, -0.05) is 18.6 Å². The molecule has 0 unspecified atom stereocenters. The van der Waals surface area contributed by atoms with Crippen LogP contribution in [-0.4, -0.2) is 35.8 Å². The summed E-state index contributed by atoms with van der Waals surface area (Å²) in [6.45, 7) is 4.82. The molecule has 1 aromatic carbocycles. The summed E-state index contributed by atoms with van der Waals surface area (Å²) in [6.07, 6.45) is 6.60. The van der Waals surface area contributed by atoms with Crippen molar-refractivity contribution in [1.82, 2.24) is 10.2 Å². The van der Waals surface area contributed by atoms with E-state index >= 15 is 0 Å². The van der Waals surface area contributed by atoms with Gasteiger partial charge in [-0.05, 0) is 56.6 Å². The Morgan fingerprint density at radius 2 is 2.00 bits per heavy atom. The number of nitrogens with zero attached hydrogens (tertiary/aromatic N) is 1. The molecule has 1 aliphatic rings. The van der Waals surface area contributed by atoms with E-state index in [0.29, 0.717) is 5.56 Å². The van der Waals surface area contributed by atoms with Gasteiger partial charge in [0.1, 0.15) is 12.3 Å². The lowest BCUT2D eigenvalue weighted by atomic mass is 10.1. The van der Waals surface area contributed by atoms with Crippen LogP contribution in [0.5, 0.6) is 0 Å². The largest absolute Gasteiger partial charge is 0.472 e. The van der Waals surface area contributed by atoms with Crippen molar-refractivity contribution in [2.24, 2.45) is 0 Å². The molecular weight excluding hydrogens is 330 g/mol. The van der Waals surface area contributed by atoms with Gasteiger partial charge in [0.25, 0.3) is 5.91 Å². The van der Waals surface area contributed by atoms with E-state index in [1.54, 1.807) is 13.0 Å². The van der Waals surface area contributed by atoms with Crippen LogP contribution in [0.2, 0.25) is 0 Å². The molecule has 3 rings (SSSR count). The second kappa shape index (κ2) is 8.67. The van der Waals surface area contributed by atoms with E-state index in [1.807, 2.05) is 18.2 Å². The van der Waals surface area contributed by atoms with E-state index in [0.717, 1.165) is 25.3 Å². The van der Waals surface area contributed by atoms with Gasteiger partial charge in [0, 0.05) is 12.2 Å². The number of carbonyl (C=O) groups excluding carboxylic acids is 2. The van der Waals surface area contributed by atoms with Gasteiger partial charge in [-0.15, -0.1) is 0 Å². The minimum Gasteiger partial charge on any atom is -0.472 e. The van der Waals surface area contributed by atoms with Gasteiger partial charge >= 0.3 is 0 Å². The van der Waals surface area contributed by atoms with Crippen LogP contribution < -0.4 is 10.6 Å². The van der Waals surface area contributed by atoms with Crippen molar-refractivity contribution in [1.29, 1.82) is 0 Å². The summed E-state index contributed by atoms with van der Waals surface area (Å²) in [5.74, 6) is -0.586. The average Bonchev–Trinajstić information content (AvgIpc) is 3.17. The predicted octanol–water partition coefficient (Wildman–Crippen LogP) is 3.02. The van der Waals surface area contributed by atoms with Crippen LogP contribution in [0.15, 0.2) is 47.3 Å². The van der Waals surface area contributed by atoms with Gasteiger partial charge < -0.3 is 15.1 Å². The Balaban J connectivity index is 1.54. The Morgan fingerprint density at radius 1 is 1.19 bits per heavy atom. The number of benzene rings is 1. The Bertz CT molecular complexity index is 737. The normalized spacial score (nSPS) is 16.0. The summed E-state index contributed by atoms with van der Waals surface area (Å²) in [5.41, 5.74) is 2.32. The van der Waals surface area contributed by atoms with E-state index in [1.165, 1.54) is 37.4 Å². The van der Waals surface area contributed by atoms with E-state index in [2.05, 4.69) is 21.6 Å². The number of rotatable bonds is 6. The molecule has 2 N–H and O–H groups in total. The summed E-state index contributed by atoms with van der Waals surface area (Å²) < 4.78 is 4.88. The number of nitrogens with one attached hydrogen (secondary N) is 2. The average molecular weight is 355 g/mol. The second-order valence-corrected chi connectivity index (χ2v) is 6.73. The van der Waals surface area contributed by atoms with E-state index < -0.39 is 6.04 Å². The molecule has 0 saturated carbocycles. The van der Waals surface area contributed by atoms with Gasteiger partial charge in [0.2, 0.25) is 5.91 Å². The molecule has 6 nitrogen and oxygen atoms in total. The summed E-state index contributed by atoms with van der Waals surface area (Å²) >= 11 is 0.